The summed E-state index contributed by atoms with van der Waals surface area (Å²) in [5, 5.41) is 12.6. The lowest BCUT2D eigenvalue weighted by atomic mass is 10.2. The number of imidazole rings is 1. The largest absolute Gasteiger partial charge is 0.382 e. The highest BCUT2D eigenvalue weighted by molar-refractivity contribution is 5.97. The Morgan fingerprint density at radius 2 is 1.70 bits per heavy atom. The van der Waals surface area contributed by atoms with Gasteiger partial charge in [-0.05, 0) is 23.3 Å². The summed E-state index contributed by atoms with van der Waals surface area (Å²) < 4.78 is 15.9. The second kappa shape index (κ2) is 9.69. The third-order valence-corrected chi connectivity index (χ3v) is 4.93. The average Bonchev–Trinajstić information content (AvgIpc) is 3.29. The summed E-state index contributed by atoms with van der Waals surface area (Å²) in [6.07, 6.45) is 3.50. The molecule has 33 heavy (non-hydrogen) atoms. The highest BCUT2D eigenvalue weighted by Gasteiger charge is 2.15. The number of hydrogen-bond donors (Lipinski definition) is 4. The number of allylic oxidation sites excluding steroid dienone is 1. The lowest BCUT2D eigenvalue weighted by Gasteiger charge is -2.12. The Bertz CT molecular complexity index is 1320. The zero-order valence-electron chi connectivity index (χ0n) is 17.5. The Kier molecular flexibility index (Phi) is 6.35. The maximum atomic E-state index is 14.1. The minimum Gasteiger partial charge on any atom is -0.382 e. The summed E-state index contributed by atoms with van der Waals surface area (Å²) in [7, 11) is 0. The van der Waals surface area contributed by atoms with Crippen LogP contribution in [-0.4, -0.2) is 31.6 Å². The van der Waals surface area contributed by atoms with E-state index < -0.39 is 11.7 Å². The topological polar surface area (TPSA) is 135 Å². The number of carbonyl (C=O) groups is 1. The van der Waals surface area contributed by atoms with Crippen molar-refractivity contribution in [3.05, 3.63) is 89.9 Å². The van der Waals surface area contributed by atoms with E-state index in [0.717, 1.165) is 16.8 Å². The fraction of sp³-hybridized carbons (Fsp3) is 0.0870. The summed E-state index contributed by atoms with van der Waals surface area (Å²) in [6.45, 7) is 0.438. The molecule has 2 aromatic carbocycles. The van der Waals surface area contributed by atoms with E-state index >= 15 is 0 Å². The molecule has 2 heterocycles. The standard InChI is InChI=1S/C23H21FN8O/c24-18(10-25)19(27-11-15-4-2-1-3-5-15)23(33)28-12-16-6-8-17(9-7-16)32-14-31-20-21(26)29-13-30-22(20)32/h1-10,13-14,25,27H,11-12H2,(H,28,33)(H2,26,29,30)/b19-18+,25-10?. The first-order chi connectivity index (χ1) is 16.1. The summed E-state index contributed by atoms with van der Waals surface area (Å²) in [6, 6.07) is 16.7. The molecule has 0 aliphatic carbocycles. The number of carbonyl (C=O) groups excluding carboxylic acids is 1. The van der Waals surface area contributed by atoms with Gasteiger partial charge in [-0.2, -0.15) is 0 Å². The zero-order valence-corrected chi connectivity index (χ0v) is 17.5. The first kappa shape index (κ1) is 21.6. The van der Waals surface area contributed by atoms with Gasteiger partial charge in [0.1, 0.15) is 18.4 Å². The van der Waals surface area contributed by atoms with Crippen LogP contribution in [0.5, 0.6) is 0 Å². The molecule has 0 bridgehead atoms. The second-order valence-corrected chi connectivity index (χ2v) is 7.10. The van der Waals surface area contributed by atoms with Gasteiger partial charge in [-0.1, -0.05) is 42.5 Å². The van der Waals surface area contributed by atoms with Crippen LogP contribution < -0.4 is 16.4 Å². The van der Waals surface area contributed by atoms with E-state index in [1.165, 1.54) is 6.33 Å². The Morgan fingerprint density at radius 3 is 2.42 bits per heavy atom. The van der Waals surface area contributed by atoms with Crippen molar-refractivity contribution in [3.63, 3.8) is 0 Å². The predicted octanol–water partition coefficient (Wildman–Crippen LogP) is 2.63. The van der Waals surface area contributed by atoms with Gasteiger partial charge >= 0.3 is 0 Å². The molecule has 0 atom stereocenters. The molecule has 2 aromatic heterocycles. The van der Waals surface area contributed by atoms with E-state index in [2.05, 4.69) is 25.6 Å². The number of benzene rings is 2. The number of nitrogens with zero attached hydrogens (tertiary/aromatic N) is 4. The van der Waals surface area contributed by atoms with Crippen LogP contribution in [0, 0.1) is 5.41 Å². The van der Waals surface area contributed by atoms with E-state index in [1.54, 1.807) is 10.9 Å². The van der Waals surface area contributed by atoms with E-state index in [9.17, 15) is 9.18 Å². The Balaban J connectivity index is 1.42. The number of nitrogen functional groups attached to an aromatic ring is 1. The molecule has 0 aliphatic rings. The average molecular weight is 444 g/mol. The molecule has 1 amide bonds. The molecule has 0 saturated heterocycles. The van der Waals surface area contributed by atoms with Crippen molar-refractivity contribution >= 4 is 29.1 Å². The first-order valence-corrected chi connectivity index (χ1v) is 10.1. The summed E-state index contributed by atoms with van der Waals surface area (Å²) >= 11 is 0. The third-order valence-electron chi connectivity index (χ3n) is 4.93. The molecule has 0 radical (unpaired) electrons. The highest BCUT2D eigenvalue weighted by Crippen LogP contribution is 2.19. The van der Waals surface area contributed by atoms with Crippen molar-refractivity contribution in [2.45, 2.75) is 13.1 Å². The lowest BCUT2D eigenvalue weighted by molar-refractivity contribution is -0.118. The van der Waals surface area contributed by atoms with Crippen molar-refractivity contribution in [1.29, 1.82) is 5.41 Å². The van der Waals surface area contributed by atoms with Crippen molar-refractivity contribution < 1.29 is 9.18 Å². The number of anilines is 1. The number of hydrogen-bond acceptors (Lipinski definition) is 7. The second-order valence-electron chi connectivity index (χ2n) is 7.10. The van der Waals surface area contributed by atoms with Crippen LogP contribution in [0.3, 0.4) is 0 Å². The maximum Gasteiger partial charge on any atom is 0.270 e. The molecular formula is C23H21FN8O. The molecule has 0 spiro atoms. The molecule has 5 N–H and O–H groups in total. The number of nitrogens with one attached hydrogen (secondary N) is 3. The molecule has 4 aromatic rings. The smallest absolute Gasteiger partial charge is 0.270 e. The van der Waals surface area contributed by atoms with Gasteiger partial charge in [0.2, 0.25) is 0 Å². The van der Waals surface area contributed by atoms with Crippen LogP contribution >= 0.6 is 0 Å². The molecule has 0 unspecified atom stereocenters. The van der Waals surface area contributed by atoms with Gasteiger partial charge in [-0.3, -0.25) is 9.36 Å². The lowest BCUT2D eigenvalue weighted by Crippen LogP contribution is -2.32. The monoisotopic (exact) mass is 444 g/mol. The minimum absolute atomic E-state index is 0.181. The molecule has 166 valence electrons. The Hall–Kier alpha value is -4.60. The SMILES string of the molecule is N=C/C(F)=C(\NCc1ccccc1)C(=O)NCc1ccc(-n2cnc3c(N)ncnc32)cc1. The number of fused-ring (bicyclic) bond motifs is 1. The van der Waals surface area contributed by atoms with Crippen LogP contribution in [0.25, 0.3) is 16.9 Å². The highest BCUT2D eigenvalue weighted by atomic mass is 19.1. The van der Waals surface area contributed by atoms with Gasteiger partial charge in [0, 0.05) is 18.8 Å². The minimum atomic E-state index is -0.938. The number of aromatic nitrogens is 4. The fourth-order valence-corrected chi connectivity index (χ4v) is 3.22. The van der Waals surface area contributed by atoms with Gasteiger partial charge < -0.3 is 21.8 Å². The Morgan fingerprint density at radius 1 is 1.00 bits per heavy atom. The molecule has 0 aliphatic heterocycles. The van der Waals surface area contributed by atoms with Gasteiger partial charge in [0.05, 0.1) is 6.21 Å². The zero-order chi connectivity index (χ0) is 23.2. The van der Waals surface area contributed by atoms with Crippen molar-refractivity contribution in [2.24, 2.45) is 0 Å². The summed E-state index contributed by atoms with van der Waals surface area (Å²) in [5.74, 6) is -1.27. The summed E-state index contributed by atoms with van der Waals surface area (Å²) in [4.78, 5) is 25.0. The number of nitrogens with two attached hydrogens (primary N) is 1. The molecule has 4 rings (SSSR count). The van der Waals surface area contributed by atoms with E-state index in [-0.39, 0.29) is 18.8 Å². The fourth-order valence-electron chi connectivity index (χ4n) is 3.22. The van der Waals surface area contributed by atoms with Crippen molar-refractivity contribution in [2.75, 3.05) is 5.73 Å². The molecular weight excluding hydrogens is 423 g/mol. The van der Waals surface area contributed by atoms with Crippen LogP contribution in [-0.2, 0) is 17.9 Å². The molecule has 0 saturated carbocycles. The van der Waals surface area contributed by atoms with E-state index in [4.69, 9.17) is 11.1 Å². The van der Waals surface area contributed by atoms with Gasteiger partial charge in [-0.15, -0.1) is 0 Å². The molecule has 0 fully saturated rings. The van der Waals surface area contributed by atoms with Crippen LogP contribution in [0.4, 0.5) is 10.2 Å². The normalized spacial score (nSPS) is 11.7. The van der Waals surface area contributed by atoms with Crippen LogP contribution in [0.2, 0.25) is 0 Å². The van der Waals surface area contributed by atoms with Gasteiger partial charge in [-0.25, -0.2) is 19.3 Å². The predicted molar refractivity (Wildman–Crippen MR) is 123 cm³/mol. The number of amides is 1. The van der Waals surface area contributed by atoms with E-state index in [1.807, 2.05) is 54.6 Å². The summed E-state index contributed by atoms with van der Waals surface area (Å²) in [5.41, 5.74) is 9.16. The first-order valence-electron chi connectivity index (χ1n) is 10.1. The van der Waals surface area contributed by atoms with Gasteiger partial charge in [0.25, 0.3) is 5.91 Å². The van der Waals surface area contributed by atoms with Crippen molar-refractivity contribution in [1.82, 2.24) is 30.2 Å². The van der Waals surface area contributed by atoms with E-state index in [0.29, 0.717) is 23.2 Å². The number of rotatable bonds is 8. The Labute approximate surface area is 188 Å². The molecule has 9 nitrogen and oxygen atoms in total. The molecule has 10 heteroatoms. The quantitative estimate of drug-likeness (QED) is 0.244. The van der Waals surface area contributed by atoms with Gasteiger partial charge in [0.15, 0.2) is 22.8 Å². The van der Waals surface area contributed by atoms with Crippen LogP contribution in [0.15, 0.2) is 78.8 Å². The van der Waals surface area contributed by atoms with Crippen molar-refractivity contribution in [3.8, 4) is 5.69 Å². The maximum absolute atomic E-state index is 14.1. The third kappa shape index (κ3) is 4.85. The van der Waals surface area contributed by atoms with Crippen LogP contribution in [0.1, 0.15) is 11.1 Å². The number of halogens is 1.